The highest BCUT2D eigenvalue weighted by Crippen LogP contribution is 2.64. The lowest BCUT2D eigenvalue weighted by molar-refractivity contribution is -0.137. The lowest BCUT2D eigenvalue weighted by atomic mass is 10.0. The fourth-order valence-electron chi connectivity index (χ4n) is 5.85. The van der Waals surface area contributed by atoms with Crippen LogP contribution in [0.2, 0.25) is 0 Å². The molecule has 0 bridgehead atoms. The summed E-state index contributed by atoms with van der Waals surface area (Å²) in [5.41, 5.74) is 6.63. The van der Waals surface area contributed by atoms with Gasteiger partial charge in [-0.3, -0.25) is 9.58 Å². The first-order valence-electron chi connectivity index (χ1n) is 12.0. The lowest BCUT2D eigenvalue weighted by Gasteiger charge is -2.28. The summed E-state index contributed by atoms with van der Waals surface area (Å²) in [4.78, 5) is 6.40. The molecule has 3 fully saturated rings. The first-order valence-corrected chi connectivity index (χ1v) is 12.0. The second kappa shape index (κ2) is 8.58. The van der Waals surface area contributed by atoms with Gasteiger partial charge in [0.2, 0.25) is 0 Å². The molecule has 3 atom stereocenters. The molecule has 5 rings (SSSR count). The molecular formula is C24H32F3N5O. The van der Waals surface area contributed by atoms with Gasteiger partial charge < -0.3 is 10.5 Å². The number of ether oxygens (including phenoxy) is 1. The molecule has 3 aliphatic rings. The summed E-state index contributed by atoms with van der Waals surface area (Å²) in [5.74, 6) is 1.18. The maximum absolute atomic E-state index is 13.4. The third-order valence-electron chi connectivity index (χ3n) is 7.83. The van der Waals surface area contributed by atoms with Crippen LogP contribution in [0.4, 0.5) is 19.0 Å². The van der Waals surface area contributed by atoms with Crippen molar-refractivity contribution in [3.63, 3.8) is 0 Å². The molecule has 1 aliphatic heterocycles. The summed E-state index contributed by atoms with van der Waals surface area (Å²) in [6.45, 7) is 8.00. The Hall–Kier alpha value is -2.13. The van der Waals surface area contributed by atoms with Crippen LogP contribution in [0.25, 0.3) is 11.3 Å². The number of hydrogen-bond acceptors (Lipinski definition) is 5. The quantitative estimate of drug-likeness (QED) is 0.694. The minimum atomic E-state index is -4.55. The predicted octanol–water partition coefficient (Wildman–Crippen LogP) is 4.73. The van der Waals surface area contributed by atoms with Crippen molar-refractivity contribution in [1.82, 2.24) is 19.7 Å². The van der Waals surface area contributed by atoms with E-state index in [1.807, 2.05) is 10.7 Å². The predicted molar refractivity (Wildman–Crippen MR) is 120 cm³/mol. The fraction of sp³-hybridized carbons (Fsp3) is 0.667. The molecule has 2 aliphatic carbocycles. The molecule has 3 heterocycles. The Labute approximate surface area is 192 Å². The van der Waals surface area contributed by atoms with Crippen LogP contribution >= 0.6 is 0 Å². The van der Waals surface area contributed by atoms with Gasteiger partial charge in [-0.1, -0.05) is 6.92 Å². The van der Waals surface area contributed by atoms with Crippen molar-refractivity contribution in [1.29, 1.82) is 0 Å². The molecule has 2 aromatic rings. The Balaban J connectivity index is 1.39. The Bertz CT molecular complexity index is 986. The zero-order valence-electron chi connectivity index (χ0n) is 19.2. The first-order chi connectivity index (χ1) is 15.8. The molecule has 0 radical (unpaired) electrons. The molecular weight excluding hydrogens is 431 g/mol. The molecule has 2 aromatic heterocycles. The monoisotopic (exact) mass is 463 g/mol. The number of nitrogen functional groups attached to an aromatic ring is 1. The Morgan fingerprint density at radius 2 is 1.94 bits per heavy atom. The Kier molecular flexibility index (Phi) is 5.89. The van der Waals surface area contributed by atoms with Gasteiger partial charge in [0.05, 0.1) is 17.9 Å². The van der Waals surface area contributed by atoms with Crippen molar-refractivity contribution in [2.75, 3.05) is 32.0 Å². The average Bonchev–Trinajstić information content (AvgIpc) is 3.12. The standard InChI is InChI=1S/C24H32F3N5O/c1-3-14(2)32-21(12-20(30-32)15-9-19(24(25,26)27)23(28)29-13-15)22-17-10-16(11-18(17)22)31-5-4-7-33-8-6-31/h9,12-14,16-18,22H,3-8,10-11H2,1-2H3,(H2,28,29). The highest BCUT2D eigenvalue weighted by molar-refractivity contribution is 5.63. The van der Waals surface area contributed by atoms with Crippen LogP contribution in [0.5, 0.6) is 0 Å². The van der Waals surface area contributed by atoms with E-state index < -0.39 is 17.6 Å². The van der Waals surface area contributed by atoms with Crippen molar-refractivity contribution in [2.45, 2.75) is 63.7 Å². The van der Waals surface area contributed by atoms with Crippen LogP contribution in [0, 0.1) is 11.8 Å². The van der Waals surface area contributed by atoms with Crippen molar-refractivity contribution >= 4 is 5.82 Å². The van der Waals surface area contributed by atoms with Gasteiger partial charge in [0.25, 0.3) is 0 Å². The van der Waals surface area contributed by atoms with E-state index in [4.69, 9.17) is 15.6 Å². The van der Waals surface area contributed by atoms with Gasteiger partial charge in [0.15, 0.2) is 0 Å². The van der Waals surface area contributed by atoms with Crippen LogP contribution < -0.4 is 5.73 Å². The van der Waals surface area contributed by atoms with Gasteiger partial charge in [-0.05, 0) is 56.6 Å². The largest absolute Gasteiger partial charge is 0.419 e. The highest BCUT2D eigenvalue weighted by Gasteiger charge is 2.58. The summed E-state index contributed by atoms with van der Waals surface area (Å²) in [5, 5.41) is 4.76. The number of rotatable bonds is 5. The number of pyridine rings is 1. The van der Waals surface area contributed by atoms with Gasteiger partial charge in [-0.2, -0.15) is 18.3 Å². The summed E-state index contributed by atoms with van der Waals surface area (Å²) in [7, 11) is 0. The van der Waals surface area contributed by atoms with E-state index in [1.54, 1.807) is 0 Å². The number of nitrogens with two attached hydrogens (primary N) is 1. The van der Waals surface area contributed by atoms with E-state index in [-0.39, 0.29) is 6.04 Å². The molecule has 9 heteroatoms. The second-order valence-corrected chi connectivity index (χ2v) is 9.79. The maximum atomic E-state index is 13.4. The smallest absolute Gasteiger partial charge is 0.383 e. The molecule has 33 heavy (non-hydrogen) atoms. The number of nitrogens with zero attached hydrogens (tertiary/aromatic N) is 4. The lowest BCUT2D eigenvalue weighted by Crippen LogP contribution is -2.36. The van der Waals surface area contributed by atoms with E-state index in [2.05, 4.69) is 23.7 Å². The third-order valence-corrected chi connectivity index (χ3v) is 7.83. The molecule has 180 valence electrons. The van der Waals surface area contributed by atoms with Crippen LogP contribution in [-0.2, 0) is 10.9 Å². The van der Waals surface area contributed by atoms with E-state index in [0.717, 1.165) is 50.9 Å². The number of hydrogen-bond donors (Lipinski definition) is 1. The normalized spacial score (nSPS) is 29.0. The summed E-state index contributed by atoms with van der Waals surface area (Å²) < 4.78 is 47.7. The second-order valence-electron chi connectivity index (χ2n) is 9.79. The average molecular weight is 464 g/mol. The van der Waals surface area contributed by atoms with Crippen molar-refractivity contribution in [2.24, 2.45) is 11.8 Å². The Morgan fingerprint density at radius 1 is 1.18 bits per heavy atom. The molecule has 6 nitrogen and oxygen atoms in total. The van der Waals surface area contributed by atoms with Crippen molar-refractivity contribution < 1.29 is 17.9 Å². The number of alkyl halides is 3. The van der Waals surface area contributed by atoms with Crippen molar-refractivity contribution in [3.05, 3.63) is 29.6 Å². The minimum Gasteiger partial charge on any atom is -0.383 e. The molecule has 2 N–H and O–H groups in total. The highest BCUT2D eigenvalue weighted by atomic mass is 19.4. The van der Waals surface area contributed by atoms with E-state index in [0.29, 0.717) is 35.1 Å². The molecule has 0 amide bonds. The fourth-order valence-corrected chi connectivity index (χ4v) is 5.85. The van der Waals surface area contributed by atoms with Gasteiger partial charge in [-0.25, -0.2) is 4.98 Å². The molecule has 1 saturated heterocycles. The number of anilines is 1. The van der Waals surface area contributed by atoms with E-state index in [9.17, 15) is 13.2 Å². The Morgan fingerprint density at radius 3 is 2.64 bits per heavy atom. The molecule has 3 unspecified atom stereocenters. The van der Waals surface area contributed by atoms with Crippen LogP contribution in [0.15, 0.2) is 18.3 Å². The van der Waals surface area contributed by atoms with Gasteiger partial charge in [-0.15, -0.1) is 0 Å². The van der Waals surface area contributed by atoms with Crippen LogP contribution in [0.3, 0.4) is 0 Å². The summed E-state index contributed by atoms with van der Waals surface area (Å²) in [6, 6.07) is 3.85. The maximum Gasteiger partial charge on any atom is 0.419 e. The minimum absolute atomic E-state index is 0.178. The topological polar surface area (TPSA) is 69.2 Å². The van der Waals surface area contributed by atoms with E-state index in [1.165, 1.54) is 19.0 Å². The zero-order chi connectivity index (χ0) is 23.3. The number of fused-ring (bicyclic) bond motifs is 1. The summed E-state index contributed by atoms with van der Waals surface area (Å²) >= 11 is 0. The van der Waals surface area contributed by atoms with Gasteiger partial charge in [0.1, 0.15) is 5.82 Å². The number of aromatic nitrogens is 3. The van der Waals surface area contributed by atoms with Gasteiger partial charge >= 0.3 is 6.18 Å². The first kappa shape index (κ1) is 22.7. The zero-order valence-corrected chi connectivity index (χ0v) is 19.2. The van der Waals surface area contributed by atoms with Crippen LogP contribution in [-0.4, -0.2) is 52.0 Å². The number of halogens is 3. The third kappa shape index (κ3) is 4.25. The molecule has 2 saturated carbocycles. The van der Waals surface area contributed by atoms with Crippen LogP contribution in [0.1, 0.15) is 62.7 Å². The summed E-state index contributed by atoms with van der Waals surface area (Å²) in [6.07, 6.45) is 1.20. The van der Waals surface area contributed by atoms with Crippen molar-refractivity contribution in [3.8, 4) is 11.3 Å². The van der Waals surface area contributed by atoms with E-state index >= 15 is 0 Å². The SMILES string of the molecule is CCC(C)n1nc(-c2cnc(N)c(C(F)(F)F)c2)cc1C1C2CC(N3CCCOCC3)CC21. The van der Waals surface area contributed by atoms with Gasteiger partial charge in [0, 0.05) is 55.2 Å². The molecule has 0 aromatic carbocycles. The molecule has 0 spiro atoms.